The normalized spacial score (nSPS) is 15.8. The monoisotopic (exact) mass is 479 g/mol. The van der Waals surface area contributed by atoms with Gasteiger partial charge in [0.15, 0.2) is 22.5 Å². The minimum absolute atomic E-state index is 0.00150. The maximum atomic E-state index is 14.0. The van der Waals surface area contributed by atoms with Crippen LogP contribution in [0.3, 0.4) is 0 Å². The summed E-state index contributed by atoms with van der Waals surface area (Å²) in [5.74, 6) is -0.0609. The highest BCUT2D eigenvalue weighted by atomic mass is 32.2. The number of para-hydroxylation sites is 2. The second-order valence-electron chi connectivity index (χ2n) is 8.29. The Hall–Kier alpha value is -3.38. The van der Waals surface area contributed by atoms with Crippen LogP contribution in [0.1, 0.15) is 44.9 Å². The molecule has 176 valence electrons. The number of nitriles is 1. The Morgan fingerprint density at radius 2 is 1.88 bits per heavy atom. The minimum Gasteiger partial charge on any atom is -0.483 e. The van der Waals surface area contributed by atoms with Gasteiger partial charge in [-0.25, -0.2) is 4.39 Å². The zero-order valence-corrected chi connectivity index (χ0v) is 19.7. The second kappa shape index (κ2) is 10.7. The maximum Gasteiger partial charge on any atom is 0.234 e. The van der Waals surface area contributed by atoms with Gasteiger partial charge in [-0.1, -0.05) is 61.4 Å². The lowest BCUT2D eigenvalue weighted by Gasteiger charge is -2.32. The lowest BCUT2D eigenvalue weighted by Crippen LogP contribution is -2.51. The van der Waals surface area contributed by atoms with Crippen molar-refractivity contribution in [2.75, 3.05) is 0 Å². The van der Waals surface area contributed by atoms with E-state index in [0.29, 0.717) is 23.8 Å². The molecule has 1 N–H and O–H groups in total. The molecule has 3 aromatic rings. The van der Waals surface area contributed by atoms with Crippen LogP contribution in [0.15, 0.2) is 59.8 Å². The van der Waals surface area contributed by atoms with Gasteiger partial charge in [-0.2, -0.15) is 5.26 Å². The summed E-state index contributed by atoms with van der Waals surface area (Å²) in [7, 11) is 0. The Balaban J connectivity index is 1.53. The van der Waals surface area contributed by atoms with Crippen molar-refractivity contribution in [1.82, 2.24) is 20.1 Å². The quantitative estimate of drug-likeness (QED) is 0.466. The summed E-state index contributed by atoms with van der Waals surface area (Å²) in [6, 6.07) is 18.0. The molecule has 34 heavy (non-hydrogen) atoms. The number of ether oxygens (including phenoxy) is 1. The molecule has 4 rings (SSSR count). The van der Waals surface area contributed by atoms with Gasteiger partial charge in [0, 0.05) is 5.69 Å². The summed E-state index contributed by atoms with van der Waals surface area (Å²) in [6.45, 7) is 1.79. The first kappa shape index (κ1) is 23.8. The molecule has 1 unspecified atom stereocenters. The van der Waals surface area contributed by atoms with Crippen molar-refractivity contribution in [3.8, 4) is 17.5 Å². The SMILES string of the molecule is CC(Sc1nnc(COc2ccccc2F)n1-c1ccccc1)C(=O)NC1(C#N)CCCCC1. The van der Waals surface area contributed by atoms with Crippen LogP contribution in [0.25, 0.3) is 5.69 Å². The fraction of sp³-hybridized carbons (Fsp3) is 0.360. The summed E-state index contributed by atoms with van der Waals surface area (Å²) >= 11 is 1.25. The van der Waals surface area contributed by atoms with E-state index in [9.17, 15) is 14.4 Å². The van der Waals surface area contributed by atoms with Gasteiger partial charge in [-0.3, -0.25) is 9.36 Å². The molecule has 1 heterocycles. The highest BCUT2D eigenvalue weighted by Gasteiger charge is 2.35. The molecule has 1 fully saturated rings. The number of carbonyl (C=O) groups is 1. The van der Waals surface area contributed by atoms with Gasteiger partial charge in [-0.05, 0) is 44.0 Å². The van der Waals surface area contributed by atoms with E-state index in [1.807, 2.05) is 30.3 Å². The van der Waals surface area contributed by atoms with Crippen molar-refractivity contribution in [2.24, 2.45) is 0 Å². The van der Waals surface area contributed by atoms with Crippen molar-refractivity contribution in [3.63, 3.8) is 0 Å². The topological polar surface area (TPSA) is 92.8 Å². The number of rotatable bonds is 8. The van der Waals surface area contributed by atoms with Crippen LogP contribution in [-0.4, -0.2) is 31.5 Å². The predicted molar refractivity (Wildman–Crippen MR) is 127 cm³/mol. The molecule has 0 aliphatic heterocycles. The molecule has 0 bridgehead atoms. The Kier molecular flexibility index (Phi) is 7.48. The number of halogens is 1. The van der Waals surface area contributed by atoms with Gasteiger partial charge in [0.25, 0.3) is 0 Å². The van der Waals surface area contributed by atoms with E-state index < -0.39 is 16.6 Å². The first-order valence-electron chi connectivity index (χ1n) is 11.3. The fourth-order valence-corrected chi connectivity index (χ4v) is 4.87. The Labute approximate surface area is 202 Å². The number of amides is 1. The lowest BCUT2D eigenvalue weighted by atomic mass is 9.83. The summed E-state index contributed by atoms with van der Waals surface area (Å²) < 4.78 is 21.5. The molecule has 2 aromatic carbocycles. The lowest BCUT2D eigenvalue weighted by molar-refractivity contribution is -0.121. The zero-order chi connectivity index (χ0) is 24.0. The van der Waals surface area contributed by atoms with E-state index >= 15 is 0 Å². The molecule has 9 heteroatoms. The number of hydrogen-bond acceptors (Lipinski definition) is 6. The average molecular weight is 480 g/mol. The van der Waals surface area contributed by atoms with Gasteiger partial charge in [0.2, 0.25) is 5.91 Å². The summed E-state index contributed by atoms with van der Waals surface area (Å²) in [4.78, 5) is 13.0. The standard InChI is InChI=1S/C25H26FN5O2S/c1-18(23(32)28-25(17-27)14-8-3-9-15-25)34-24-30-29-22(31(24)19-10-4-2-5-11-19)16-33-21-13-7-6-12-20(21)26/h2,4-7,10-13,18H,3,8-9,14-16H2,1H3,(H,28,32). The van der Waals surface area contributed by atoms with Crippen LogP contribution in [-0.2, 0) is 11.4 Å². The van der Waals surface area contributed by atoms with Crippen LogP contribution in [0.5, 0.6) is 5.75 Å². The van der Waals surface area contributed by atoms with Gasteiger partial charge in [0.1, 0.15) is 12.1 Å². The molecule has 1 saturated carbocycles. The van der Waals surface area contributed by atoms with E-state index in [2.05, 4.69) is 21.6 Å². The molecular weight excluding hydrogens is 453 g/mol. The van der Waals surface area contributed by atoms with Crippen molar-refractivity contribution in [1.29, 1.82) is 5.26 Å². The first-order valence-corrected chi connectivity index (χ1v) is 12.2. The number of nitrogens with zero attached hydrogens (tertiary/aromatic N) is 4. The molecular formula is C25H26FN5O2S. The largest absolute Gasteiger partial charge is 0.483 e. The second-order valence-corrected chi connectivity index (χ2v) is 9.60. The average Bonchev–Trinajstić information content (AvgIpc) is 3.26. The fourth-order valence-electron chi connectivity index (χ4n) is 3.98. The summed E-state index contributed by atoms with van der Waals surface area (Å²) in [5, 5.41) is 21.2. The highest BCUT2D eigenvalue weighted by molar-refractivity contribution is 8.00. The number of hydrogen-bond donors (Lipinski definition) is 1. The van der Waals surface area contributed by atoms with Crippen LogP contribution >= 0.6 is 11.8 Å². The molecule has 1 atom stereocenters. The predicted octanol–water partition coefficient (Wildman–Crippen LogP) is 4.81. The van der Waals surface area contributed by atoms with E-state index in [1.54, 1.807) is 29.7 Å². The van der Waals surface area contributed by atoms with Crippen LogP contribution in [0.2, 0.25) is 0 Å². The van der Waals surface area contributed by atoms with E-state index in [1.165, 1.54) is 17.8 Å². The first-order chi connectivity index (χ1) is 16.5. The van der Waals surface area contributed by atoms with E-state index in [4.69, 9.17) is 4.74 Å². The molecule has 1 aliphatic rings. The number of carbonyl (C=O) groups excluding carboxylic acids is 1. The molecule has 1 aromatic heterocycles. The van der Waals surface area contributed by atoms with Gasteiger partial charge >= 0.3 is 0 Å². The third-order valence-corrected chi connectivity index (χ3v) is 6.89. The smallest absolute Gasteiger partial charge is 0.234 e. The Morgan fingerprint density at radius 3 is 2.59 bits per heavy atom. The molecule has 0 radical (unpaired) electrons. The van der Waals surface area contributed by atoms with Crippen molar-refractivity contribution in [3.05, 3.63) is 66.2 Å². The molecule has 1 amide bonds. The minimum atomic E-state index is -0.796. The van der Waals surface area contributed by atoms with Crippen LogP contribution in [0, 0.1) is 17.1 Å². The zero-order valence-electron chi connectivity index (χ0n) is 18.9. The number of benzene rings is 2. The highest BCUT2D eigenvalue weighted by Crippen LogP contribution is 2.30. The third kappa shape index (κ3) is 5.39. The molecule has 1 aliphatic carbocycles. The van der Waals surface area contributed by atoms with Gasteiger partial charge in [-0.15, -0.1) is 10.2 Å². The molecule has 7 nitrogen and oxygen atoms in total. The summed E-state index contributed by atoms with van der Waals surface area (Å²) in [6.07, 6.45) is 4.29. The summed E-state index contributed by atoms with van der Waals surface area (Å²) in [5.41, 5.74) is 0.00578. The van der Waals surface area contributed by atoms with Crippen molar-refractivity contribution in [2.45, 2.75) is 61.6 Å². The van der Waals surface area contributed by atoms with E-state index in [0.717, 1.165) is 24.9 Å². The van der Waals surface area contributed by atoms with E-state index in [-0.39, 0.29) is 18.3 Å². The van der Waals surface area contributed by atoms with Gasteiger partial charge < -0.3 is 10.1 Å². The number of nitrogens with one attached hydrogen (secondary N) is 1. The number of thioether (sulfide) groups is 1. The third-order valence-electron chi connectivity index (χ3n) is 5.84. The Bertz CT molecular complexity index is 1170. The van der Waals surface area contributed by atoms with Crippen LogP contribution < -0.4 is 10.1 Å². The van der Waals surface area contributed by atoms with Gasteiger partial charge in [0.05, 0.1) is 11.3 Å². The van der Waals surface area contributed by atoms with Crippen LogP contribution in [0.4, 0.5) is 4.39 Å². The molecule has 0 spiro atoms. The van der Waals surface area contributed by atoms with Crippen molar-refractivity contribution >= 4 is 17.7 Å². The number of aromatic nitrogens is 3. The Morgan fingerprint density at radius 1 is 1.18 bits per heavy atom. The molecule has 0 saturated heterocycles. The maximum absolute atomic E-state index is 14.0. The van der Waals surface area contributed by atoms with Crippen molar-refractivity contribution < 1.29 is 13.9 Å².